The van der Waals surface area contributed by atoms with Crippen molar-refractivity contribution in [1.82, 2.24) is 9.78 Å². The van der Waals surface area contributed by atoms with Crippen molar-refractivity contribution in [3.63, 3.8) is 0 Å². The van der Waals surface area contributed by atoms with Gasteiger partial charge in [0.1, 0.15) is 0 Å². The highest BCUT2D eigenvalue weighted by Crippen LogP contribution is 2.02. The fourth-order valence-electron chi connectivity index (χ4n) is 0.891. The van der Waals surface area contributed by atoms with Crippen LogP contribution in [0.3, 0.4) is 0 Å². The molecule has 0 aliphatic carbocycles. The van der Waals surface area contributed by atoms with Crippen LogP contribution in [0.1, 0.15) is 19.4 Å². The quantitative estimate of drug-likeness (QED) is 0.737. The summed E-state index contributed by atoms with van der Waals surface area (Å²) in [6, 6.07) is 0. The van der Waals surface area contributed by atoms with E-state index in [0.29, 0.717) is 6.61 Å². The van der Waals surface area contributed by atoms with Crippen molar-refractivity contribution in [3.05, 3.63) is 18.0 Å². The van der Waals surface area contributed by atoms with Crippen LogP contribution in [-0.4, -0.2) is 29.1 Å². The smallest absolute Gasteiger partial charge is 0.434 e. The molecule has 0 N–H and O–H groups in total. The third-order valence-electron chi connectivity index (χ3n) is 1.58. The average Bonchev–Trinajstić information content (AvgIpc) is 2.62. The van der Waals surface area contributed by atoms with Gasteiger partial charge in [-0.2, -0.15) is 9.78 Å². The highest BCUT2D eigenvalue weighted by Gasteiger charge is 2.06. The molecule has 0 atom stereocenters. The number of aromatic nitrogens is 2. The Morgan fingerprint density at radius 1 is 1.64 bits per heavy atom. The fourth-order valence-corrected chi connectivity index (χ4v) is 0.891. The van der Waals surface area contributed by atoms with Crippen molar-refractivity contribution in [3.8, 4) is 0 Å². The van der Waals surface area contributed by atoms with E-state index in [1.807, 2.05) is 13.8 Å². The summed E-state index contributed by atoms with van der Waals surface area (Å²) in [5.41, 5.74) is 0.851. The molecule has 0 bridgehead atoms. The first-order chi connectivity index (χ1) is 6.63. The molecule has 0 radical (unpaired) electrons. The summed E-state index contributed by atoms with van der Waals surface area (Å²) in [4.78, 5) is 11.0. The molecule has 5 nitrogen and oxygen atoms in total. The molecule has 1 aromatic rings. The first kappa shape index (κ1) is 10.7. The van der Waals surface area contributed by atoms with Crippen LogP contribution in [0.25, 0.3) is 0 Å². The van der Waals surface area contributed by atoms with Gasteiger partial charge in [-0.05, 0) is 13.8 Å². The Morgan fingerprint density at radius 2 is 2.36 bits per heavy atom. The molecule has 1 rings (SSSR count). The Balaban J connectivity index is 2.55. The fraction of sp³-hybridized carbons (Fsp3) is 0.556. The van der Waals surface area contributed by atoms with E-state index in [9.17, 15) is 4.79 Å². The molecule has 1 aromatic heterocycles. The van der Waals surface area contributed by atoms with Crippen molar-refractivity contribution in [2.24, 2.45) is 0 Å². The number of carbonyl (C=O) groups is 1. The summed E-state index contributed by atoms with van der Waals surface area (Å²) >= 11 is 0. The first-order valence-electron chi connectivity index (χ1n) is 4.37. The predicted molar refractivity (Wildman–Crippen MR) is 50.0 cm³/mol. The van der Waals surface area contributed by atoms with Crippen molar-refractivity contribution >= 4 is 6.09 Å². The lowest BCUT2D eigenvalue weighted by molar-refractivity contribution is 0.0657. The monoisotopic (exact) mass is 198 g/mol. The molecule has 0 aliphatic rings. The average molecular weight is 198 g/mol. The van der Waals surface area contributed by atoms with Gasteiger partial charge in [0.15, 0.2) is 0 Å². The Labute approximate surface area is 82.6 Å². The zero-order chi connectivity index (χ0) is 10.6. The molecule has 0 spiro atoms. The summed E-state index contributed by atoms with van der Waals surface area (Å²) in [5.74, 6) is 0. The van der Waals surface area contributed by atoms with Gasteiger partial charge < -0.3 is 9.47 Å². The number of ether oxygens (including phenoxy) is 2. The van der Waals surface area contributed by atoms with E-state index < -0.39 is 6.09 Å². The number of hydrogen-bond acceptors (Lipinski definition) is 4. The van der Waals surface area contributed by atoms with Gasteiger partial charge in [-0.25, -0.2) is 4.79 Å². The number of hydrogen-bond donors (Lipinski definition) is 0. The van der Waals surface area contributed by atoms with Crippen molar-refractivity contribution < 1.29 is 14.3 Å². The highest BCUT2D eigenvalue weighted by atomic mass is 16.5. The molecule has 0 saturated heterocycles. The van der Waals surface area contributed by atoms with Gasteiger partial charge in [-0.1, -0.05) is 0 Å². The minimum atomic E-state index is -0.499. The van der Waals surface area contributed by atoms with Gasteiger partial charge in [0.25, 0.3) is 0 Å². The van der Waals surface area contributed by atoms with Crippen molar-refractivity contribution in [2.75, 3.05) is 7.11 Å². The van der Waals surface area contributed by atoms with Crippen LogP contribution in [0.5, 0.6) is 0 Å². The molecule has 0 aliphatic heterocycles. The molecule has 78 valence electrons. The normalized spacial score (nSPS) is 10.6. The van der Waals surface area contributed by atoms with E-state index in [4.69, 9.17) is 4.74 Å². The molecular formula is C9H14N2O3. The van der Waals surface area contributed by atoms with Gasteiger partial charge in [0.2, 0.25) is 0 Å². The largest absolute Gasteiger partial charge is 0.451 e. The molecule has 0 amide bonds. The summed E-state index contributed by atoms with van der Waals surface area (Å²) in [6.07, 6.45) is 2.84. The molecule has 0 unspecified atom stereocenters. The molecule has 1 heterocycles. The Bertz CT molecular complexity index is 307. The predicted octanol–water partition coefficient (Wildman–Crippen LogP) is 1.42. The Hall–Kier alpha value is -1.36. The number of carbonyl (C=O) groups excluding carboxylic acids is 1. The van der Waals surface area contributed by atoms with Gasteiger partial charge >= 0.3 is 6.09 Å². The summed E-state index contributed by atoms with van der Waals surface area (Å²) < 4.78 is 11.0. The van der Waals surface area contributed by atoms with Crippen LogP contribution < -0.4 is 0 Å². The lowest BCUT2D eigenvalue weighted by atomic mass is 10.4. The molecule has 5 heteroatoms. The second-order valence-corrected chi connectivity index (χ2v) is 3.12. The van der Waals surface area contributed by atoms with Crippen LogP contribution in [0.4, 0.5) is 4.79 Å². The van der Waals surface area contributed by atoms with Crippen molar-refractivity contribution in [2.45, 2.75) is 26.6 Å². The molecule has 0 fully saturated rings. The van der Waals surface area contributed by atoms with Crippen LogP contribution in [0, 0.1) is 0 Å². The lowest BCUT2D eigenvalue weighted by Crippen LogP contribution is -2.11. The highest BCUT2D eigenvalue weighted by molar-refractivity contribution is 5.68. The van der Waals surface area contributed by atoms with E-state index in [-0.39, 0.29) is 6.10 Å². The van der Waals surface area contributed by atoms with Gasteiger partial charge in [-0.3, -0.25) is 0 Å². The van der Waals surface area contributed by atoms with E-state index in [1.54, 1.807) is 12.4 Å². The van der Waals surface area contributed by atoms with Gasteiger partial charge in [-0.15, -0.1) is 0 Å². The van der Waals surface area contributed by atoms with E-state index in [2.05, 4.69) is 9.84 Å². The van der Waals surface area contributed by atoms with E-state index in [1.165, 1.54) is 7.11 Å². The van der Waals surface area contributed by atoms with Crippen LogP contribution in [0.2, 0.25) is 0 Å². The Kier molecular flexibility index (Phi) is 3.64. The number of rotatable bonds is 3. The van der Waals surface area contributed by atoms with Crippen LogP contribution in [0.15, 0.2) is 12.4 Å². The maximum absolute atomic E-state index is 11.0. The summed E-state index contributed by atoms with van der Waals surface area (Å²) in [6.45, 7) is 4.35. The van der Waals surface area contributed by atoms with Crippen molar-refractivity contribution in [1.29, 1.82) is 0 Å². The second kappa shape index (κ2) is 4.76. The zero-order valence-electron chi connectivity index (χ0n) is 8.56. The Morgan fingerprint density at radius 3 is 2.93 bits per heavy atom. The maximum atomic E-state index is 11.0. The molecule has 14 heavy (non-hydrogen) atoms. The lowest BCUT2D eigenvalue weighted by Gasteiger charge is -2.04. The van der Waals surface area contributed by atoms with E-state index >= 15 is 0 Å². The first-order valence-corrected chi connectivity index (χ1v) is 4.37. The minimum absolute atomic E-state index is 0.163. The molecular weight excluding hydrogens is 184 g/mol. The van der Waals surface area contributed by atoms with E-state index in [0.717, 1.165) is 10.2 Å². The zero-order valence-corrected chi connectivity index (χ0v) is 8.56. The molecule has 0 aromatic carbocycles. The SMILES string of the molecule is COC(=O)n1cc(COC(C)C)cn1. The van der Waals surface area contributed by atoms with Gasteiger partial charge in [0, 0.05) is 11.8 Å². The van der Waals surface area contributed by atoms with Crippen LogP contribution in [-0.2, 0) is 16.1 Å². The topological polar surface area (TPSA) is 53.4 Å². The minimum Gasteiger partial charge on any atom is -0.451 e. The molecule has 0 saturated carbocycles. The third kappa shape index (κ3) is 2.85. The van der Waals surface area contributed by atoms with Gasteiger partial charge in [0.05, 0.1) is 26.0 Å². The number of methoxy groups -OCH3 is 1. The standard InChI is InChI=1S/C9H14N2O3/c1-7(2)14-6-8-4-10-11(5-8)9(12)13-3/h4-5,7H,6H2,1-3H3. The summed E-state index contributed by atoms with van der Waals surface area (Å²) in [7, 11) is 1.31. The maximum Gasteiger partial charge on any atom is 0.434 e. The summed E-state index contributed by atoms with van der Waals surface area (Å²) in [5, 5.41) is 3.83. The second-order valence-electron chi connectivity index (χ2n) is 3.12. The van der Waals surface area contributed by atoms with Crippen LogP contribution >= 0.6 is 0 Å². The third-order valence-corrected chi connectivity index (χ3v) is 1.58. The number of nitrogens with zero attached hydrogens (tertiary/aromatic N) is 2.